The minimum absolute atomic E-state index is 0.103. The summed E-state index contributed by atoms with van der Waals surface area (Å²) in [5.74, 6) is -1.84. The summed E-state index contributed by atoms with van der Waals surface area (Å²) in [7, 11) is 1.38. The van der Waals surface area contributed by atoms with Crippen LogP contribution in [-0.4, -0.2) is 49.6 Å². The van der Waals surface area contributed by atoms with Crippen molar-refractivity contribution in [1.29, 1.82) is 0 Å². The molecule has 0 aliphatic carbocycles. The predicted octanol–water partition coefficient (Wildman–Crippen LogP) is 2.98. The van der Waals surface area contributed by atoms with Crippen molar-refractivity contribution < 1.29 is 37.0 Å². The lowest BCUT2D eigenvalue weighted by Crippen LogP contribution is -2.44. The van der Waals surface area contributed by atoms with Gasteiger partial charge in [0, 0.05) is 24.3 Å². The van der Waals surface area contributed by atoms with Gasteiger partial charge in [0.15, 0.2) is 6.61 Å². The molecule has 2 amide bonds. The number of hydrogen-bond acceptors (Lipinski definition) is 7. The maximum absolute atomic E-state index is 12.7. The number of piperidine rings is 1. The minimum atomic E-state index is -4.46. The molecule has 2 heterocycles. The Balaban J connectivity index is 1.41. The fraction of sp³-hybridized carbons (Fsp3) is 0.364. The van der Waals surface area contributed by atoms with Gasteiger partial charge in [-0.15, -0.1) is 0 Å². The van der Waals surface area contributed by atoms with Crippen molar-refractivity contribution in [3.05, 3.63) is 52.7 Å². The third-order valence-corrected chi connectivity index (χ3v) is 5.53. The molecule has 1 aromatic heterocycles. The second kappa shape index (κ2) is 11.3. The lowest BCUT2D eigenvalue weighted by molar-refractivity contribution is -0.153. The van der Waals surface area contributed by atoms with Crippen LogP contribution in [0.5, 0.6) is 5.75 Å². The minimum Gasteiger partial charge on any atom is -0.496 e. The normalized spacial score (nSPS) is 14.3. The average molecular weight is 515 g/mol. The molecule has 9 nitrogen and oxygen atoms in total. The van der Waals surface area contributed by atoms with E-state index >= 15 is 0 Å². The smallest absolute Gasteiger partial charge is 0.417 e. The van der Waals surface area contributed by atoms with E-state index in [1.807, 2.05) is 0 Å². The average Bonchev–Trinajstić information content (AvgIpc) is 2.85. The van der Waals surface area contributed by atoms with Gasteiger partial charge >= 0.3 is 12.1 Å². The largest absolute Gasteiger partial charge is 0.496 e. The number of carbonyl (C=O) groups is 3. The van der Waals surface area contributed by atoms with Gasteiger partial charge < -0.3 is 14.4 Å². The molecule has 0 spiro atoms. The fourth-order valence-electron chi connectivity index (χ4n) is 3.43. The molecule has 1 aliphatic rings. The molecule has 0 atom stereocenters. The van der Waals surface area contributed by atoms with E-state index in [4.69, 9.17) is 21.1 Å². The van der Waals surface area contributed by atoms with Crippen molar-refractivity contribution in [2.75, 3.05) is 31.7 Å². The number of anilines is 1. The molecule has 1 fully saturated rings. The number of hydrogen-bond donors (Lipinski definition) is 2. The van der Waals surface area contributed by atoms with E-state index in [9.17, 15) is 27.6 Å². The first-order valence-corrected chi connectivity index (χ1v) is 10.8. The summed E-state index contributed by atoms with van der Waals surface area (Å²) in [6, 6.07) is 6.66. The number of carbonyl (C=O) groups excluding carboxylic acids is 3. The topological polar surface area (TPSA) is 110 Å². The predicted molar refractivity (Wildman–Crippen MR) is 119 cm³/mol. The zero-order valence-electron chi connectivity index (χ0n) is 18.5. The van der Waals surface area contributed by atoms with Gasteiger partial charge in [-0.3, -0.25) is 25.2 Å². The summed E-state index contributed by atoms with van der Waals surface area (Å²) in [4.78, 5) is 42.1. The van der Waals surface area contributed by atoms with E-state index in [1.165, 1.54) is 25.3 Å². The van der Waals surface area contributed by atoms with Crippen LogP contribution >= 0.6 is 11.6 Å². The van der Waals surface area contributed by atoms with Gasteiger partial charge in [0.25, 0.3) is 11.8 Å². The number of ether oxygens (including phenoxy) is 2. The van der Waals surface area contributed by atoms with E-state index in [0.717, 1.165) is 12.3 Å². The van der Waals surface area contributed by atoms with E-state index in [-0.39, 0.29) is 11.3 Å². The number of hydrazine groups is 1. The first-order valence-electron chi connectivity index (χ1n) is 10.5. The zero-order chi connectivity index (χ0) is 25.6. The number of alkyl halides is 3. The second-order valence-electron chi connectivity index (χ2n) is 7.62. The first-order chi connectivity index (χ1) is 16.6. The Morgan fingerprint density at radius 1 is 1.14 bits per heavy atom. The molecule has 1 saturated heterocycles. The second-order valence-corrected chi connectivity index (χ2v) is 8.06. The molecule has 0 unspecified atom stereocenters. The van der Waals surface area contributed by atoms with Crippen molar-refractivity contribution in [1.82, 2.24) is 15.8 Å². The standard InChI is InChI=1S/C22H22ClF3N4O5/c1-34-17-4-3-15(23)10-16(17)20(32)29-28-19(31)12-35-21(33)13-6-8-30(9-7-13)18-5-2-14(11-27-18)22(24,25)26/h2-5,10-11,13H,6-9,12H2,1H3,(H,28,31)(H,29,32). The number of nitrogens with one attached hydrogen (secondary N) is 2. The molecule has 0 radical (unpaired) electrons. The third-order valence-electron chi connectivity index (χ3n) is 5.29. The van der Waals surface area contributed by atoms with Gasteiger partial charge in [0.05, 0.1) is 24.2 Å². The van der Waals surface area contributed by atoms with Crippen LogP contribution in [0.15, 0.2) is 36.5 Å². The number of halogens is 4. The third kappa shape index (κ3) is 6.98. The van der Waals surface area contributed by atoms with Gasteiger partial charge in [0.2, 0.25) is 0 Å². The van der Waals surface area contributed by atoms with E-state index in [0.29, 0.717) is 36.8 Å². The fourth-order valence-corrected chi connectivity index (χ4v) is 3.60. The van der Waals surface area contributed by atoms with Gasteiger partial charge in [-0.25, -0.2) is 4.98 Å². The van der Waals surface area contributed by atoms with Crippen molar-refractivity contribution in [2.45, 2.75) is 19.0 Å². The molecular weight excluding hydrogens is 493 g/mol. The monoisotopic (exact) mass is 514 g/mol. The zero-order valence-corrected chi connectivity index (χ0v) is 19.3. The molecule has 0 saturated carbocycles. The summed E-state index contributed by atoms with van der Waals surface area (Å²) in [6.07, 6.45) is -2.92. The first kappa shape index (κ1) is 26.1. The van der Waals surface area contributed by atoms with Crippen LogP contribution in [-0.2, 0) is 20.5 Å². The maximum atomic E-state index is 12.7. The van der Waals surface area contributed by atoms with Gasteiger partial charge in [0.1, 0.15) is 11.6 Å². The maximum Gasteiger partial charge on any atom is 0.417 e. The van der Waals surface area contributed by atoms with Crippen LogP contribution in [0.2, 0.25) is 5.02 Å². The Morgan fingerprint density at radius 2 is 1.86 bits per heavy atom. The molecule has 13 heteroatoms. The molecule has 2 N–H and O–H groups in total. The number of methoxy groups -OCH3 is 1. The van der Waals surface area contributed by atoms with E-state index in [1.54, 1.807) is 11.0 Å². The van der Waals surface area contributed by atoms with Crippen LogP contribution in [0.25, 0.3) is 0 Å². The molecule has 3 rings (SSSR count). The number of esters is 1. The van der Waals surface area contributed by atoms with Crippen molar-refractivity contribution in [3.8, 4) is 5.75 Å². The van der Waals surface area contributed by atoms with Crippen molar-refractivity contribution in [2.24, 2.45) is 5.92 Å². The van der Waals surface area contributed by atoms with Gasteiger partial charge in [-0.05, 0) is 43.2 Å². The Hall–Kier alpha value is -3.54. The highest BCUT2D eigenvalue weighted by atomic mass is 35.5. The summed E-state index contributed by atoms with van der Waals surface area (Å²) in [5, 5.41) is 0.302. The number of pyridine rings is 1. The van der Waals surface area contributed by atoms with Crippen LogP contribution in [0.4, 0.5) is 19.0 Å². The van der Waals surface area contributed by atoms with Gasteiger partial charge in [-0.2, -0.15) is 13.2 Å². The number of rotatable bonds is 6. The summed E-state index contributed by atoms with van der Waals surface area (Å²) >= 11 is 5.88. The highest BCUT2D eigenvalue weighted by molar-refractivity contribution is 6.31. The highest BCUT2D eigenvalue weighted by Crippen LogP contribution is 2.30. The summed E-state index contributed by atoms with van der Waals surface area (Å²) in [6.45, 7) is 0.177. The van der Waals surface area contributed by atoms with E-state index in [2.05, 4.69) is 15.8 Å². The summed E-state index contributed by atoms with van der Waals surface area (Å²) < 4.78 is 48.1. The van der Waals surface area contributed by atoms with E-state index < -0.39 is 42.0 Å². The Bertz CT molecular complexity index is 1070. The Morgan fingerprint density at radius 3 is 2.46 bits per heavy atom. The van der Waals surface area contributed by atoms with Crippen LogP contribution < -0.4 is 20.5 Å². The van der Waals surface area contributed by atoms with Crippen LogP contribution in [0, 0.1) is 5.92 Å². The molecule has 35 heavy (non-hydrogen) atoms. The van der Waals surface area contributed by atoms with Crippen LogP contribution in [0.3, 0.4) is 0 Å². The van der Waals surface area contributed by atoms with Crippen molar-refractivity contribution >= 4 is 35.2 Å². The highest BCUT2D eigenvalue weighted by Gasteiger charge is 2.32. The quantitative estimate of drug-likeness (QED) is 0.450. The molecular formula is C22H22ClF3N4O5. The molecule has 0 bridgehead atoms. The lowest BCUT2D eigenvalue weighted by atomic mass is 9.97. The molecule has 1 aromatic carbocycles. The lowest BCUT2D eigenvalue weighted by Gasteiger charge is -2.31. The number of aromatic nitrogens is 1. The number of benzene rings is 1. The van der Waals surface area contributed by atoms with Crippen molar-refractivity contribution in [3.63, 3.8) is 0 Å². The number of nitrogens with zero attached hydrogens (tertiary/aromatic N) is 2. The molecule has 2 aromatic rings. The Kier molecular flexibility index (Phi) is 8.39. The van der Waals surface area contributed by atoms with Crippen LogP contribution in [0.1, 0.15) is 28.8 Å². The SMILES string of the molecule is COc1ccc(Cl)cc1C(=O)NNC(=O)COC(=O)C1CCN(c2ccc(C(F)(F)F)cn2)CC1. The molecule has 188 valence electrons. The molecule has 1 aliphatic heterocycles. The summed E-state index contributed by atoms with van der Waals surface area (Å²) in [5.41, 5.74) is 3.60. The number of amides is 2. The Labute approximate surface area is 203 Å². The van der Waals surface area contributed by atoms with Gasteiger partial charge in [-0.1, -0.05) is 11.6 Å².